The summed E-state index contributed by atoms with van der Waals surface area (Å²) in [4.78, 5) is 15.2. The van der Waals surface area contributed by atoms with E-state index in [1.165, 1.54) is 0 Å². The normalized spacial score (nSPS) is 10.5. The van der Waals surface area contributed by atoms with E-state index in [-0.39, 0.29) is 5.56 Å². The summed E-state index contributed by atoms with van der Waals surface area (Å²) in [6.45, 7) is 1.84. The highest BCUT2D eigenvalue weighted by Crippen LogP contribution is 2.21. The number of hydrogen-bond acceptors (Lipinski definition) is 4. The molecule has 2 aromatic heterocycles. The average molecular weight is 280 g/mol. The lowest BCUT2D eigenvalue weighted by molar-refractivity contribution is 0.0697. The highest BCUT2D eigenvalue weighted by molar-refractivity contribution is 5.87. The predicted octanol–water partition coefficient (Wildman–Crippen LogP) is 2.34. The number of carboxylic acids is 1. The van der Waals surface area contributed by atoms with E-state index >= 15 is 0 Å². The van der Waals surface area contributed by atoms with Crippen molar-refractivity contribution in [1.82, 2.24) is 19.7 Å². The quantitative estimate of drug-likeness (QED) is 0.796. The van der Waals surface area contributed by atoms with Crippen molar-refractivity contribution >= 4 is 5.97 Å². The number of rotatable bonds is 3. The van der Waals surface area contributed by atoms with Gasteiger partial charge in [0.1, 0.15) is 11.5 Å². The lowest BCUT2D eigenvalue weighted by atomic mass is 10.2. The highest BCUT2D eigenvalue weighted by atomic mass is 16.4. The molecule has 1 N–H and O–H groups in total. The van der Waals surface area contributed by atoms with Crippen LogP contribution in [0.2, 0.25) is 0 Å². The molecule has 0 radical (unpaired) electrons. The van der Waals surface area contributed by atoms with Crippen molar-refractivity contribution in [2.75, 3.05) is 0 Å². The van der Waals surface area contributed by atoms with Gasteiger partial charge >= 0.3 is 5.97 Å². The van der Waals surface area contributed by atoms with Crippen molar-refractivity contribution in [2.24, 2.45) is 0 Å². The van der Waals surface area contributed by atoms with Crippen LogP contribution in [-0.2, 0) is 0 Å². The molecule has 104 valence electrons. The summed E-state index contributed by atoms with van der Waals surface area (Å²) in [5.41, 5.74) is 1.74. The summed E-state index contributed by atoms with van der Waals surface area (Å²) >= 11 is 0. The number of aromatic nitrogens is 4. The van der Waals surface area contributed by atoms with Gasteiger partial charge in [-0.3, -0.25) is 9.55 Å². The molecule has 0 atom stereocenters. The van der Waals surface area contributed by atoms with Crippen LogP contribution in [0.3, 0.4) is 0 Å². The fraction of sp³-hybridized carbons (Fsp3) is 0.0667. The molecular formula is C15H12N4O2. The van der Waals surface area contributed by atoms with E-state index in [9.17, 15) is 4.79 Å². The number of benzene rings is 1. The van der Waals surface area contributed by atoms with Gasteiger partial charge in [-0.1, -0.05) is 6.07 Å². The molecule has 0 aliphatic heterocycles. The number of aryl methyl sites for hydroxylation is 1. The van der Waals surface area contributed by atoms with Crippen LogP contribution >= 0.6 is 0 Å². The summed E-state index contributed by atoms with van der Waals surface area (Å²) < 4.78 is 1.84. The van der Waals surface area contributed by atoms with E-state index in [0.29, 0.717) is 17.3 Å². The van der Waals surface area contributed by atoms with Crippen LogP contribution in [0.15, 0.2) is 48.7 Å². The van der Waals surface area contributed by atoms with Crippen LogP contribution in [0.1, 0.15) is 16.2 Å². The SMILES string of the molecule is Cc1nnc(-c2ccccn2)n1-c1ccc(C(=O)O)cc1. The van der Waals surface area contributed by atoms with Gasteiger partial charge in [0, 0.05) is 11.9 Å². The molecule has 0 bridgehead atoms. The molecule has 0 aliphatic carbocycles. The maximum Gasteiger partial charge on any atom is 0.335 e. The second kappa shape index (κ2) is 5.16. The summed E-state index contributed by atoms with van der Waals surface area (Å²) in [6, 6.07) is 12.1. The molecular weight excluding hydrogens is 268 g/mol. The number of carboxylic acid groups (broad SMARTS) is 1. The minimum Gasteiger partial charge on any atom is -0.478 e. The van der Waals surface area contributed by atoms with Crippen molar-refractivity contribution in [3.63, 3.8) is 0 Å². The Kier molecular flexibility index (Phi) is 3.19. The largest absolute Gasteiger partial charge is 0.478 e. The Balaban J connectivity index is 2.10. The fourth-order valence-electron chi connectivity index (χ4n) is 2.09. The minimum atomic E-state index is -0.952. The molecule has 6 heteroatoms. The van der Waals surface area contributed by atoms with E-state index in [1.54, 1.807) is 30.5 Å². The number of aromatic carboxylic acids is 1. The Hall–Kier alpha value is -3.02. The van der Waals surface area contributed by atoms with Gasteiger partial charge in [-0.05, 0) is 43.3 Å². The Morgan fingerprint density at radius 2 is 1.86 bits per heavy atom. The number of nitrogens with zero attached hydrogens (tertiary/aromatic N) is 4. The Morgan fingerprint density at radius 1 is 1.10 bits per heavy atom. The Labute approximate surface area is 120 Å². The standard InChI is InChI=1S/C15H12N4O2/c1-10-17-18-14(13-4-2-3-9-16-13)19(10)12-7-5-11(6-8-12)15(20)21/h2-9H,1H3,(H,20,21). The molecule has 0 unspecified atom stereocenters. The van der Waals surface area contributed by atoms with Crippen molar-refractivity contribution < 1.29 is 9.90 Å². The van der Waals surface area contributed by atoms with E-state index < -0.39 is 5.97 Å². The lowest BCUT2D eigenvalue weighted by Crippen LogP contribution is -2.02. The van der Waals surface area contributed by atoms with E-state index in [0.717, 1.165) is 5.69 Å². The average Bonchev–Trinajstić information content (AvgIpc) is 2.90. The Bertz CT molecular complexity index is 779. The van der Waals surface area contributed by atoms with Crippen LogP contribution in [0.25, 0.3) is 17.2 Å². The summed E-state index contributed by atoms with van der Waals surface area (Å²) in [6.07, 6.45) is 1.69. The van der Waals surface area contributed by atoms with Crippen molar-refractivity contribution in [3.8, 4) is 17.2 Å². The maximum absolute atomic E-state index is 10.9. The van der Waals surface area contributed by atoms with Crippen molar-refractivity contribution in [2.45, 2.75) is 6.92 Å². The molecule has 0 saturated heterocycles. The first kappa shape index (κ1) is 13.0. The smallest absolute Gasteiger partial charge is 0.335 e. The van der Waals surface area contributed by atoms with Gasteiger partial charge in [-0.25, -0.2) is 4.79 Å². The molecule has 0 saturated carbocycles. The van der Waals surface area contributed by atoms with Gasteiger partial charge < -0.3 is 5.11 Å². The summed E-state index contributed by atoms with van der Waals surface area (Å²) in [5, 5.41) is 17.2. The third-order valence-electron chi connectivity index (χ3n) is 3.09. The lowest BCUT2D eigenvalue weighted by Gasteiger charge is -2.08. The van der Waals surface area contributed by atoms with E-state index in [1.807, 2.05) is 29.7 Å². The molecule has 1 aromatic carbocycles. The maximum atomic E-state index is 10.9. The molecule has 0 amide bonds. The molecule has 2 heterocycles. The predicted molar refractivity (Wildman–Crippen MR) is 76.3 cm³/mol. The zero-order valence-corrected chi connectivity index (χ0v) is 11.3. The van der Waals surface area contributed by atoms with Gasteiger partial charge in [0.15, 0.2) is 5.82 Å². The van der Waals surface area contributed by atoms with Gasteiger partial charge in [0.05, 0.1) is 5.56 Å². The first-order valence-electron chi connectivity index (χ1n) is 6.34. The first-order valence-corrected chi connectivity index (χ1v) is 6.34. The van der Waals surface area contributed by atoms with Crippen LogP contribution in [0.4, 0.5) is 0 Å². The molecule has 0 spiro atoms. The van der Waals surface area contributed by atoms with Crippen LogP contribution < -0.4 is 0 Å². The zero-order valence-electron chi connectivity index (χ0n) is 11.3. The van der Waals surface area contributed by atoms with Crippen LogP contribution in [0.5, 0.6) is 0 Å². The topological polar surface area (TPSA) is 80.9 Å². The van der Waals surface area contributed by atoms with Crippen LogP contribution in [0, 0.1) is 6.92 Å². The highest BCUT2D eigenvalue weighted by Gasteiger charge is 2.14. The molecule has 6 nitrogen and oxygen atoms in total. The van der Waals surface area contributed by atoms with Gasteiger partial charge in [0.2, 0.25) is 0 Å². The first-order chi connectivity index (χ1) is 10.2. The van der Waals surface area contributed by atoms with E-state index in [4.69, 9.17) is 5.11 Å². The zero-order chi connectivity index (χ0) is 14.8. The number of carbonyl (C=O) groups is 1. The van der Waals surface area contributed by atoms with Gasteiger partial charge in [-0.15, -0.1) is 10.2 Å². The van der Waals surface area contributed by atoms with Crippen molar-refractivity contribution in [1.29, 1.82) is 0 Å². The molecule has 0 aliphatic rings. The fourth-order valence-corrected chi connectivity index (χ4v) is 2.09. The molecule has 21 heavy (non-hydrogen) atoms. The van der Waals surface area contributed by atoms with Crippen molar-refractivity contribution in [3.05, 3.63) is 60.0 Å². The third kappa shape index (κ3) is 2.38. The third-order valence-corrected chi connectivity index (χ3v) is 3.09. The number of pyridine rings is 1. The summed E-state index contributed by atoms with van der Waals surface area (Å²) in [5.74, 6) is 0.377. The molecule has 3 aromatic rings. The monoisotopic (exact) mass is 280 g/mol. The molecule has 0 fully saturated rings. The van der Waals surface area contributed by atoms with Gasteiger partial charge in [-0.2, -0.15) is 0 Å². The second-order valence-electron chi connectivity index (χ2n) is 4.47. The number of hydrogen-bond donors (Lipinski definition) is 1. The Morgan fingerprint density at radius 3 is 2.48 bits per heavy atom. The van der Waals surface area contributed by atoms with Crippen LogP contribution in [-0.4, -0.2) is 30.8 Å². The molecule has 3 rings (SSSR count). The van der Waals surface area contributed by atoms with Gasteiger partial charge in [0.25, 0.3) is 0 Å². The second-order valence-corrected chi connectivity index (χ2v) is 4.47. The van der Waals surface area contributed by atoms with E-state index in [2.05, 4.69) is 15.2 Å². The minimum absolute atomic E-state index is 0.240. The summed E-state index contributed by atoms with van der Waals surface area (Å²) in [7, 11) is 0.